The van der Waals surface area contributed by atoms with Gasteiger partial charge in [-0.3, -0.25) is 0 Å². The van der Waals surface area contributed by atoms with Gasteiger partial charge in [-0.1, -0.05) is 0 Å². The standard InChI is InChI=1S/C17H5F19O3/c18-10(13(22,23)24,14(25,26)27)7(11(19,15(28,29)30)16(31,32)33)8(12(20,21)17(34,35)36)39-6-3-1-5(2-4-6)9(37)38/h1-4H,(H,37,38). The molecule has 0 aliphatic rings. The predicted octanol–water partition coefficient (Wildman–Crippen LogP) is 7.88. The van der Waals surface area contributed by atoms with Crippen LogP contribution < -0.4 is 4.74 Å². The van der Waals surface area contributed by atoms with Crippen LogP contribution in [-0.2, 0) is 0 Å². The van der Waals surface area contributed by atoms with E-state index in [9.17, 15) is 88.2 Å². The predicted molar refractivity (Wildman–Crippen MR) is 84.0 cm³/mol. The van der Waals surface area contributed by atoms with E-state index in [1.165, 1.54) is 0 Å². The largest absolute Gasteiger partial charge is 0.478 e. The van der Waals surface area contributed by atoms with Crippen molar-refractivity contribution in [3.63, 3.8) is 0 Å². The summed E-state index contributed by atoms with van der Waals surface area (Å²) >= 11 is 0. The first-order valence-corrected chi connectivity index (χ1v) is 8.75. The summed E-state index contributed by atoms with van der Waals surface area (Å²) in [7, 11) is 0. The molecule has 0 bridgehead atoms. The van der Waals surface area contributed by atoms with Crippen LogP contribution in [0.3, 0.4) is 0 Å². The highest BCUT2D eigenvalue weighted by Gasteiger charge is 2.88. The smallest absolute Gasteiger partial charge is 0.461 e. The van der Waals surface area contributed by atoms with Gasteiger partial charge in [-0.25, -0.2) is 13.6 Å². The summed E-state index contributed by atoms with van der Waals surface area (Å²) in [6, 6.07) is -0.467. The van der Waals surface area contributed by atoms with Gasteiger partial charge in [-0.2, -0.15) is 74.6 Å². The van der Waals surface area contributed by atoms with Gasteiger partial charge < -0.3 is 9.84 Å². The fourth-order valence-corrected chi connectivity index (χ4v) is 2.62. The van der Waals surface area contributed by atoms with E-state index in [0.717, 1.165) is 0 Å². The molecule has 0 spiro atoms. The Morgan fingerprint density at radius 2 is 0.846 bits per heavy atom. The molecule has 0 atom stereocenters. The molecule has 22 heteroatoms. The Morgan fingerprint density at radius 1 is 0.538 bits per heavy atom. The first kappa shape index (κ1) is 33.9. The molecular weight excluding hydrogens is 613 g/mol. The summed E-state index contributed by atoms with van der Waals surface area (Å²) in [5, 5.41) is 8.64. The molecule has 1 aromatic carbocycles. The van der Waals surface area contributed by atoms with Gasteiger partial charge in [0, 0.05) is 0 Å². The average molecular weight is 618 g/mol. The zero-order valence-electron chi connectivity index (χ0n) is 17.3. The number of carbonyl (C=O) groups is 1. The van der Waals surface area contributed by atoms with Crippen LogP contribution in [0.4, 0.5) is 83.4 Å². The van der Waals surface area contributed by atoms with Crippen LogP contribution >= 0.6 is 0 Å². The molecule has 0 aliphatic carbocycles. The van der Waals surface area contributed by atoms with Crippen molar-refractivity contribution >= 4 is 5.97 Å². The number of hydrogen-bond acceptors (Lipinski definition) is 2. The topological polar surface area (TPSA) is 46.5 Å². The van der Waals surface area contributed by atoms with Crippen molar-refractivity contribution in [1.29, 1.82) is 0 Å². The van der Waals surface area contributed by atoms with E-state index >= 15 is 0 Å². The third-order valence-corrected chi connectivity index (χ3v) is 4.44. The fraction of sp³-hybridized carbons (Fsp3) is 0.471. The van der Waals surface area contributed by atoms with Crippen LogP contribution in [-0.4, -0.2) is 59.2 Å². The van der Waals surface area contributed by atoms with Crippen molar-refractivity contribution in [1.82, 2.24) is 0 Å². The van der Waals surface area contributed by atoms with Crippen molar-refractivity contribution in [2.24, 2.45) is 0 Å². The molecule has 0 saturated carbocycles. The fourth-order valence-electron chi connectivity index (χ4n) is 2.62. The van der Waals surface area contributed by atoms with E-state index in [2.05, 4.69) is 4.74 Å². The van der Waals surface area contributed by atoms with Crippen molar-refractivity contribution < 1.29 is 98.1 Å². The highest BCUT2D eigenvalue weighted by atomic mass is 19.4. The zero-order chi connectivity index (χ0) is 31.4. The summed E-state index contributed by atoms with van der Waals surface area (Å²) in [5.74, 6) is -17.0. The number of hydrogen-bond donors (Lipinski definition) is 1. The van der Waals surface area contributed by atoms with Gasteiger partial charge in [0.15, 0.2) is 5.76 Å². The maximum atomic E-state index is 14.7. The van der Waals surface area contributed by atoms with E-state index in [0.29, 0.717) is 0 Å². The molecule has 0 heterocycles. The molecule has 0 fully saturated rings. The van der Waals surface area contributed by atoms with Crippen LogP contribution in [0.2, 0.25) is 0 Å². The molecule has 1 aromatic rings. The normalized spacial score (nSPS) is 14.7. The summed E-state index contributed by atoms with van der Waals surface area (Å²) < 4.78 is 258. The minimum atomic E-state index is -8.58. The Labute approximate surface area is 200 Å². The van der Waals surface area contributed by atoms with Crippen LogP contribution in [0.1, 0.15) is 10.4 Å². The van der Waals surface area contributed by atoms with Gasteiger partial charge in [0.25, 0.3) is 0 Å². The van der Waals surface area contributed by atoms with Crippen LogP contribution in [0, 0.1) is 0 Å². The number of carboxylic acids is 1. The zero-order valence-corrected chi connectivity index (χ0v) is 17.3. The molecule has 0 aromatic heterocycles. The van der Waals surface area contributed by atoms with Gasteiger partial charge in [-0.05, 0) is 24.3 Å². The summed E-state index contributed by atoms with van der Waals surface area (Å²) in [6.07, 6.45) is -41.1. The molecule has 0 amide bonds. The number of aromatic carboxylic acids is 1. The number of carboxylic acid groups (broad SMARTS) is 1. The van der Waals surface area contributed by atoms with Gasteiger partial charge in [0.05, 0.1) is 11.1 Å². The van der Waals surface area contributed by atoms with Crippen molar-refractivity contribution in [2.75, 3.05) is 0 Å². The van der Waals surface area contributed by atoms with Gasteiger partial charge >= 0.3 is 54.1 Å². The molecular formula is C17H5F19O3. The monoisotopic (exact) mass is 618 g/mol. The second-order valence-corrected chi connectivity index (χ2v) is 7.02. The van der Waals surface area contributed by atoms with E-state index in [4.69, 9.17) is 5.11 Å². The molecule has 0 aliphatic heterocycles. The minimum Gasteiger partial charge on any atom is -0.478 e. The lowest BCUT2D eigenvalue weighted by molar-refractivity contribution is -0.367. The summed E-state index contributed by atoms with van der Waals surface area (Å²) in [6.45, 7) is 0. The Hall–Kier alpha value is -3.10. The SMILES string of the molecule is O=C(O)c1ccc(OC(=C(C(F)(C(F)(F)F)C(F)(F)F)C(F)(C(F)(F)F)C(F)(F)F)C(F)(F)C(F)(F)F)cc1. The van der Waals surface area contributed by atoms with E-state index < -0.39 is 76.8 Å². The first-order valence-electron chi connectivity index (χ1n) is 8.75. The van der Waals surface area contributed by atoms with E-state index in [1.54, 1.807) is 0 Å². The third-order valence-electron chi connectivity index (χ3n) is 4.44. The average Bonchev–Trinajstić information content (AvgIpc) is 2.68. The second kappa shape index (κ2) is 9.52. The first-order chi connectivity index (χ1) is 16.9. The van der Waals surface area contributed by atoms with E-state index in [1.807, 2.05) is 0 Å². The number of rotatable bonds is 6. The quantitative estimate of drug-likeness (QED) is 0.261. The van der Waals surface area contributed by atoms with Crippen molar-refractivity contribution in [3.05, 3.63) is 41.2 Å². The maximum absolute atomic E-state index is 14.7. The summed E-state index contributed by atoms with van der Waals surface area (Å²) in [5.41, 5.74) is -24.1. The highest BCUT2D eigenvalue weighted by Crippen LogP contribution is 2.63. The van der Waals surface area contributed by atoms with Crippen molar-refractivity contribution in [2.45, 2.75) is 48.1 Å². The number of halogens is 19. The van der Waals surface area contributed by atoms with E-state index in [-0.39, 0.29) is 24.3 Å². The van der Waals surface area contributed by atoms with Gasteiger partial charge in [0.2, 0.25) is 0 Å². The number of alkyl halides is 19. The Bertz CT molecular complexity index is 1020. The maximum Gasteiger partial charge on any atom is 0.461 e. The molecule has 0 radical (unpaired) electrons. The van der Waals surface area contributed by atoms with Gasteiger partial charge in [0.1, 0.15) is 5.75 Å². The lowest BCUT2D eigenvalue weighted by Crippen LogP contribution is -2.67. The molecule has 39 heavy (non-hydrogen) atoms. The molecule has 0 saturated heterocycles. The third kappa shape index (κ3) is 5.63. The molecule has 3 nitrogen and oxygen atoms in total. The van der Waals surface area contributed by atoms with Crippen LogP contribution in [0.5, 0.6) is 5.75 Å². The van der Waals surface area contributed by atoms with Crippen LogP contribution in [0.25, 0.3) is 0 Å². The van der Waals surface area contributed by atoms with Gasteiger partial charge in [-0.15, -0.1) is 0 Å². The molecule has 224 valence electrons. The molecule has 1 rings (SSSR count). The molecule has 0 unspecified atom stereocenters. The summed E-state index contributed by atoms with van der Waals surface area (Å²) in [4.78, 5) is 10.7. The minimum absolute atomic E-state index is 0.0348. The number of benzene rings is 1. The van der Waals surface area contributed by atoms with Crippen LogP contribution in [0.15, 0.2) is 35.6 Å². The highest BCUT2D eigenvalue weighted by molar-refractivity contribution is 5.87. The molecule has 1 N–H and O–H groups in total. The van der Waals surface area contributed by atoms with Crippen molar-refractivity contribution in [3.8, 4) is 5.75 Å². The Morgan fingerprint density at radius 3 is 1.08 bits per heavy atom. The number of ether oxygens (including phenoxy) is 1. The second-order valence-electron chi connectivity index (χ2n) is 7.02. The Kier molecular flexibility index (Phi) is 8.28. The lowest BCUT2D eigenvalue weighted by atomic mass is 9.78. The lowest BCUT2D eigenvalue weighted by Gasteiger charge is -2.41. The number of allylic oxidation sites excluding steroid dienone is 2. The Balaban J connectivity index is 4.68.